The second kappa shape index (κ2) is 13.4. The number of hydrogen-bond acceptors (Lipinski definition) is 6. The zero-order valence-corrected chi connectivity index (χ0v) is 25.1. The minimum absolute atomic E-state index is 0.357. The molecule has 0 N–H and O–H groups in total. The van der Waals surface area contributed by atoms with Crippen molar-refractivity contribution in [3.05, 3.63) is 108 Å². The topological polar surface area (TPSA) is 66.5 Å². The Morgan fingerprint density at radius 2 is 1.40 bits per heavy atom. The molecule has 7 heteroatoms. The van der Waals surface area contributed by atoms with Crippen LogP contribution in [0, 0.1) is 0 Å². The molecule has 0 aliphatic carbocycles. The second-order valence-electron chi connectivity index (χ2n) is 12.3. The molecule has 2 fully saturated rings. The highest BCUT2D eigenvalue weighted by Crippen LogP contribution is 2.45. The van der Waals surface area contributed by atoms with Crippen molar-refractivity contribution in [2.24, 2.45) is 0 Å². The van der Waals surface area contributed by atoms with Gasteiger partial charge in [-0.3, -0.25) is 0 Å². The van der Waals surface area contributed by atoms with Gasteiger partial charge in [-0.1, -0.05) is 91.0 Å². The van der Waals surface area contributed by atoms with Gasteiger partial charge in [-0.2, -0.15) is 0 Å². The third-order valence-electron chi connectivity index (χ3n) is 7.87. The van der Waals surface area contributed by atoms with E-state index >= 15 is 0 Å². The first-order chi connectivity index (χ1) is 20.2. The Morgan fingerprint density at radius 3 is 1.98 bits per heavy atom. The van der Waals surface area contributed by atoms with Gasteiger partial charge < -0.3 is 28.6 Å². The van der Waals surface area contributed by atoms with E-state index in [4.69, 9.17) is 23.7 Å². The highest BCUT2D eigenvalue weighted by Gasteiger charge is 2.62. The van der Waals surface area contributed by atoms with E-state index in [9.17, 15) is 4.79 Å². The van der Waals surface area contributed by atoms with Crippen molar-refractivity contribution in [2.45, 2.75) is 89.0 Å². The number of hydrogen-bond donors (Lipinski definition) is 0. The number of rotatable bonds is 11. The Labute approximate surface area is 249 Å². The zero-order valence-electron chi connectivity index (χ0n) is 25.1. The Bertz CT molecular complexity index is 1260. The molecule has 0 spiro atoms. The summed E-state index contributed by atoms with van der Waals surface area (Å²) in [5.74, 6) is 0. The number of amides is 1. The largest absolute Gasteiger partial charge is 0.444 e. The molecule has 2 aliphatic heterocycles. The van der Waals surface area contributed by atoms with Crippen LogP contribution in [0.15, 0.2) is 91.0 Å². The molecule has 2 bridgehead atoms. The first kappa shape index (κ1) is 30.2. The van der Waals surface area contributed by atoms with Gasteiger partial charge in [0.2, 0.25) is 0 Å². The summed E-state index contributed by atoms with van der Waals surface area (Å²) in [5.41, 5.74) is 2.00. The van der Waals surface area contributed by atoms with E-state index in [1.165, 1.54) is 5.56 Å². The molecule has 2 heterocycles. The van der Waals surface area contributed by atoms with Crippen molar-refractivity contribution in [3.63, 3.8) is 0 Å². The molecule has 5 rings (SSSR count). The van der Waals surface area contributed by atoms with E-state index in [0.717, 1.165) is 30.4 Å². The van der Waals surface area contributed by atoms with Crippen LogP contribution in [0.4, 0.5) is 4.79 Å². The lowest BCUT2D eigenvalue weighted by atomic mass is 9.83. The fourth-order valence-electron chi connectivity index (χ4n) is 5.80. The van der Waals surface area contributed by atoms with Crippen LogP contribution >= 0.6 is 0 Å². The van der Waals surface area contributed by atoms with Crippen LogP contribution in [0.5, 0.6) is 0 Å². The minimum Gasteiger partial charge on any atom is -0.444 e. The number of carbonyl (C=O) groups excluding carboxylic acids is 1. The maximum Gasteiger partial charge on any atom is 0.410 e. The van der Waals surface area contributed by atoms with Gasteiger partial charge in [-0.15, -0.1) is 0 Å². The number of likely N-dealkylation sites (N-methyl/N-ethyl adjacent to an activating group) is 1. The molecule has 0 aromatic heterocycles. The third kappa shape index (κ3) is 7.39. The van der Waals surface area contributed by atoms with Crippen LogP contribution in [-0.4, -0.2) is 60.4 Å². The fourth-order valence-corrected chi connectivity index (χ4v) is 5.80. The fraction of sp³-hybridized carbons (Fsp3) is 0.457. The van der Waals surface area contributed by atoms with Crippen LogP contribution in [0.1, 0.15) is 50.3 Å². The Kier molecular flexibility index (Phi) is 9.63. The monoisotopic (exact) mass is 573 g/mol. The summed E-state index contributed by atoms with van der Waals surface area (Å²) in [7, 11) is 1.72. The highest BCUT2D eigenvalue weighted by molar-refractivity contribution is 5.68. The van der Waals surface area contributed by atoms with Gasteiger partial charge in [-0.05, 0) is 56.7 Å². The van der Waals surface area contributed by atoms with Crippen LogP contribution in [0.25, 0.3) is 0 Å². The SMILES string of the molecule is CN(C(=O)OC(C)(C)C)[C@H]1[C@H]2OC[C@](CCCc3ccccc3)(O2)[C@H](OCc2ccccc2)[C@@H]1OCc1ccccc1. The standard InChI is InChI=1S/C35H43NO6/c1-34(2,3)42-33(37)36(4)29-30(38-23-27-17-10-6-11-18-27)31(39-24-28-19-12-7-13-20-28)35(25-40-32(29)41-35)22-14-21-26-15-8-5-9-16-26/h5-13,15-20,29-32H,14,21-25H2,1-4H3/t29-,30-,31-,32+,35+/m1/s1. The predicted octanol–water partition coefficient (Wildman–Crippen LogP) is 6.54. The van der Waals surface area contributed by atoms with Gasteiger partial charge in [0.1, 0.15) is 29.5 Å². The molecular weight excluding hydrogens is 530 g/mol. The van der Waals surface area contributed by atoms with E-state index in [1.807, 2.05) is 87.5 Å². The van der Waals surface area contributed by atoms with Gasteiger partial charge in [0, 0.05) is 7.05 Å². The lowest BCUT2D eigenvalue weighted by Crippen LogP contribution is -2.67. The van der Waals surface area contributed by atoms with Crippen molar-refractivity contribution >= 4 is 6.09 Å². The molecule has 0 saturated carbocycles. The van der Waals surface area contributed by atoms with E-state index in [2.05, 4.69) is 24.3 Å². The van der Waals surface area contributed by atoms with Crippen molar-refractivity contribution in [3.8, 4) is 0 Å². The summed E-state index contributed by atoms with van der Waals surface area (Å²) in [4.78, 5) is 14.9. The Hall–Kier alpha value is -3.23. The van der Waals surface area contributed by atoms with E-state index in [1.54, 1.807) is 11.9 Å². The van der Waals surface area contributed by atoms with Crippen LogP contribution in [-0.2, 0) is 43.3 Å². The van der Waals surface area contributed by atoms with Crippen LogP contribution in [0.2, 0.25) is 0 Å². The van der Waals surface area contributed by atoms with E-state index < -0.39 is 41.8 Å². The summed E-state index contributed by atoms with van der Waals surface area (Å²) >= 11 is 0. The Balaban J connectivity index is 1.45. The second-order valence-corrected chi connectivity index (χ2v) is 12.3. The molecule has 1 amide bonds. The highest BCUT2D eigenvalue weighted by atomic mass is 16.8. The summed E-state index contributed by atoms with van der Waals surface area (Å²) in [6.45, 7) is 6.67. The summed E-state index contributed by atoms with van der Waals surface area (Å²) in [6, 6.07) is 30.0. The van der Waals surface area contributed by atoms with Crippen molar-refractivity contribution in [1.29, 1.82) is 0 Å². The molecule has 0 unspecified atom stereocenters. The summed E-state index contributed by atoms with van der Waals surface area (Å²) < 4.78 is 32.3. The molecule has 3 aromatic rings. The zero-order chi connectivity index (χ0) is 29.6. The van der Waals surface area contributed by atoms with Gasteiger partial charge in [0.25, 0.3) is 0 Å². The molecule has 2 saturated heterocycles. The number of carbonyl (C=O) groups is 1. The number of fused-ring (bicyclic) bond motifs is 2. The van der Waals surface area contributed by atoms with E-state index in [0.29, 0.717) is 19.8 Å². The maximum absolute atomic E-state index is 13.3. The van der Waals surface area contributed by atoms with Crippen LogP contribution in [0.3, 0.4) is 0 Å². The predicted molar refractivity (Wildman–Crippen MR) is 161 cm³/mol. The molecule has 42 heavy (non-hydrogen) atoms. The average Bonchev–Trinajstić information content (AvgIpc) is 3.36. The quantitative estimate of drug-likeness (QED) is 0.260. The smallest absolute Gasteiger partial charge is 0.410 e. The molecule has 7 nitrogen and oxygen atoms in total. The van der Waals surface area contributed by atoms with Gasteiger partial charge in [-0.25, -0.2) is 4.79 Å². The van der Waals surface area contributed by atoms with Gasteiger partial charge >= 0.3 is 6.09 Å². The van der Waals surface area contributed by atoms with Gasteiger partial charge in [0.05, 0.1) is 19.8 Å². The van der Waals surface area contributed by atoms with Crippen molar-refractivity contribution < 1.29 is 28.5 Å². The molecule has 3 aromatic carbocycles. The molecule has 2 aliphatic rings. The summed E-state index contributed by atoms with van der Waals surface area (Å²) in [6.07, 6.45) is 0.388. The third-order valence-corrected chi connectivity index (χ3v) is 7.87. The normalized spacial score (nSPS) is 25.2. The first-order valence-corrected chi connectivity index (χ1v) is 14.8. The van der Waals surface area contributed by atoms with Crippen molar-refractivity contribution in [1.82, 2.24) is 4.90 Å². The number of aryl methyl sites for hydroxylation is 1. The number of ether oxygens (including phenoxy) is 5. The number of nitrogens with zero attached hydrogens (tertiary/aromatic N) is 1. The molecule has 5 atom stereocenters. The van der Waals surface area contributed by atoms with Crippen LogP contribution < -0.4 is 0 Å². The lowest BCUT2D eigenvalue weighted by molar-refractivity contribution is -0.266. The van der Waals surface area contributed by atoms with Gasteiger partial charge in [0.15, 0.2) is 6.29 Å². The number of benzene rings is 3. The molecule has 224 valence electrons. The average molecular weight is 574 g/mol. The summed E-state index contributed by atoms with van der Waals surface area (Å²) in [5, 5.41) is 0. The van der Waals surface area contributed by atoms with E-state index in [-0.39, 0.29) is 0 Å². The molecule has 0 radical (unpaired) electrons. The maximum atomic E-state index is 13.3. The first-order valence-electron chi connectivity index (χ1n) is 14.8. The minimum atomic E-state index is -0.721. The molecular formula is C35H43NO6. The lowest BCUT2D eigenvalue weighted by Gasteiger charge is -2.49. The van der Waals surface area contributed by atoms with Crippen molar-refractivity contribution in [2.75, 3.05) is 13.7 Å². The Morgan fingerprint density at radius 1 is 0.857 bits per heavy atom.